The van der Waals surface area contributed by atoms with Crippen LogP contribution < -0.4 is 4.90 Å². The van der Waals surface area contributed by atoms with Crippen LogP contribution >= 0.6 is 15.9 Å². The minimum atomic E-state index is -0.668. The number of rotatable bonds is 1. The van der Waals surface area contributed by atoms with Crippen molar-refractivity contribution in [2.45, 2.75) is 44.1 Å². The van der Waals surface area contributed by atoms with Crippen molar-refractivity contribution in [3.63, 3.8) is 0 Å². The van der Waals surface area contributed by atoms with Crippen molar-refractivity contribution in [2.75, 3.05) is 11.9 Å². The summed E-state index contributed by atoms with van der Waals surface area (Å²) in [6.45, 7) is 0. The predicted molar refractivity (Wildman–Crippen MR) is 83.3 cm³/mol. The average molecular weight is 338 g/mol. The Morgan fingerprint density at radius 3 is 2.80 bits per heavy atom. The van der Waals surface area contributed by atoms with E-state index < -0.39 is 5.97 Å². The van der Waals surface area contributed by atoms with E-state index in [0.29, 0.717) is 6.04 Å². The Labute approximate surface area is 128 Å². The van der Waals surface area contributed by atoms with Crippen molar-refractivity contribution in [1.82, 2.24) is 0 Å². The topological polar surface area (TPSA) is 40.5 Å². The maximum absolute atomic E-state index is 11.8. The summed E-state index contributed by atoms with van der Waals surface area (Å²) in [6.07, 6.45) is 5.73. The molecular formula is C16H20BrNO2. The van der Waals surface area contributed by atoms with Gasteiger partial charge < -0.3 is 10.0 Å². The lowest BCUT2D eigenvalue weighted by atomic mass is 9.74. The zero-order valence-electron chi connectivity index (χ0n) is 11.7. The van der Waals surface area contributed by atoms with Crippen molar-refractivity contribution in [3.8, 4) is 0 Å². The fourth-order valence-electron chi connectivity index (χ4n) is 4.00. The number of benzene rings is 1. The summed E-state index contributed by atoms with van der Waals surface area (Å²) < 4.78 is 1.01. The molecule has 1 fully saturated rings. The van der Waals surface area contributed by atoms with Gasteiger partial charge in [-0.3, -0.25) is 4.79 Å². The van der Waals surface area contributed by atoms with Gasteiger partial charge in [-0.1, -0.05) is 41.3 Å². The molecule has 0 radical (unpaired) electrons. The van der Waals surface area contributed by atoms with Crippen LogP contribution in [0.15, 0.2) is 22.7 Å². The van der Waals surface area contributed by atoms with Crippen molar-refractivity contribution >= 4 is 27.6 Å². The van der Waals surface area contributed by atoms with Crippen LogP contribution in [0.2, 0.25) is 0 Å². The highest BCUT2D eigenvalue weighted by Crippen LogP contribution is 2.47. The lowest BCUT2D eigenvalue weighted by Crippen LogP contribution is -2.46. The lowest BCUT2D eigenvalue weighted by Gasteiger charge is -2.44. The summed E-state index contributed by atoms with van der Waals surface area (Å²) in [5.41, 5.74) is 2.06. The second-order valence-corrected chi connectivity index (χ2v) is 6.91. The molecule has 108 valence electrons. The fraction of sp³-hybridized carbons (Fsp3) is 0.562. The van der Waals surface area contributed by atoms with E-state index in [1.165, 1.54) is 12.8 Å². The summed E-state index contributed by atoms with van der Waals surface area (Å²) in [4.78, 5) is 14.2. The zero-order chi connectivity index (χ0) is 14.3. The summed E-state index contributed by atoms with van der Waals surface area (Å²) in [6, 6.07) is 6.36. The summed E-state index contributed by atoms with van der Waals surface area (Å²) in [7, 11) is 2.12. The molecule has 0 aromatic heterocycles. The number of fused-ring (bicyclic) bond motifs is 2. The van der Waals surface area contributed by atoms with Crippen LogP contribution in [0.4, 0.5) is 5.69 Å². The molecule has 20 heavy (non-hydrogen) atoms. The molecule has 0 amide bonds. The summed E-state index contributed by atoms with van der Waals surface area (Å²) in [5, 5.41) is 9.74. The van der Waals surface area contributed by atoms with Gasteiger partial charge in [-0.15, -0.1) is 0 Å². The zero-order valence-corrected chi connectivity index (χ0v) is 13.3. The largest absolute Gasteiger partial charge is 0.481 e. The van der Waals surface area contributed by atoms with Crippen LogP contribution in [0.3, 0.4) is 0 Å². The van der Waals surface area contributed by atoms with Gasteiger partial charge in [-0.05, 0) is 36.5 Å². The van der Waals surface area contributed by atoms with Crippen molar-refractivity contribution < 1.29 is 9.90 Å². The number of hydrogen-bond acceptors (Lipinski definition) is 2. The van der Waals surface area contributed by atoms with Crippen LogP contribution in [0, 0.1) is 5.92 Å². The Morgan fingerprint density at radius 1 is 1.30 bits per heavy atom. The Morgan fingerprint density at radius 2 is 2.05 bits per heavy atom. The third-order valence-corrected chi connectivity index (χ3v) is 5.42. The van der Waals surface area contributed by atoms with Gasteiger partial charge in [0.2, 0.25) is 0 Å². The van der Waals surface area contributed by atoms with Gasteiger partial charge in [0.15, 0.2) is 0 Å². The average Bonchev–Trinajstić information content (AvgIpc) is 2.65. The molecule has 2 aliphatic rings. The fourth-order valence-corrected chi connectivity index (χ4v) is 4.35. The Balaban J connectivity index is 2.12. The summed E-state index contributed by atoms with van der Waals surface area (Å²) in [5.74, 6) is -0.773. The van der Waals surface area contributed by atoms with Gasteiger partial charge in [0, 0.05) is 23.2 Å². The Hall–Kier alpha value is -1.03. The number of hydrogen-bond donors (Lipinski definition) is 1. The first-order chi connectivity index (χ1) is 9.59. The molecule has 3 unspecified atom stereocenters. The van der Waals surface area contributed by atoms with E-state index in [1.54, 1.807) is 0 Å². The molecule has 1 N–H and O–H groups in total. The molecule has 1 aliphatic heterocycles. The monoisotopic (exact) mass is 337 g/mol. The van der Waals surface area contributed by atoms with Gasteiger partial charge in [0.25, 0.3) is 0 Å². The van der Waals surface area contributed by atoms with Crippen molar-refractivity contribution in [3.05, 3.63) is 28.2 Å². The number of nitrogens with zero attached hydrogens (tertiary/aromatic N) is 1. The van der Waals surface area contributed by atoms with E-state index in [0.717, 1.165) is 35.0 Å². The highest BCUT2D eigenvalue weighted by molar-refractivity contribution is 9.10. The quantitative estimate of drug-likeness (QED) is 0.841. The molecule has 3 rings (SSSR count). The van der Waals surface area contributed by atoms with Gasteiger partial charge in [0.05, 0.1) is 5.92 Å². The maximum atomic E-state index is 11.8. The SMILES string of the molecule is CN1c2cc(Br)ccc2C(C(=O)O)C2CCCCCC21. The van der Waals surface area contributed by atoms with Crippen molar-refractivity contribution in [1.29, 1.82) is 0 Å². The number of carboxylic acids is 1. The van der Waals surface area contributed by atoms with Crippen LogP contribution in [0.5, 0.6) is 0 Å². The molecular weight excluding hydrogens is 318 g/mol. The molecule has 1 aromatic rings. The standard InChI is InChI=1S/C16H20BrNO2/c1-18-13-6-4-2-3-5-11(13)15(16(19)20)12-8-7-10(17)9-14(12)18/h7-9,11,13,15H,2-6H2,1H3,(H,19,20). The number of halogens is 1. The van der Waals surface area contributed by atoms with Gasteiger partial charge in [0.1, 0.15) is 0 Å². The second kappa shape index (κ2) is 5.40. The van der Waals surface area contributed by atoms with Gasteiger partial charge in [-0.2, -0.15) is 0 Å². The summed E-state index contributed by atoms with van der Waals surface area (Å²) >= 11 is 3.50. The van der Waals surface area contributed by atoms with E-state index in [-0.39, 0.29) is 11.8 Å². The molecule has 1 heterocycles. The molecule has 0 saturated heterocycles. The number of carboxylic acid groups (broad SMARTS) is 1. The normalized spacial score (nSPS) is 29.3. The molecule has 1 saturated carbocycles. The molecule has 1 aliphatic carbocycles. The molecule has 3 atom stereocenters. The maximum Gasteiger partial charge on any atom is 0.311 e. The first kappa shape index (κ1) is 13.9. The van der Waals surface area contributed by atoms with Crippen LogP contribution in [0.1, 0.15) is 43.6 Å². The Bertz CT molecular complexity index is 531. The molecule has 3 nitrogen and oxygen atoms in total. The smallest absolute Gasteiger partial charge is 0.311 e. The van der Waals surface area contributed by atoms with E-state index >= 15 is 0 Å². The van der Waals surface area contributed by atoms with Crippen LogP contribution in [0.25, 0.3) is 0 Å². The van der Waals surface area contributed by atoms with Crippen LogP contribution in [-0.2, 0) is 4.79 Å². The van der Waals surface area contributed by atoms with Crippen LogP contribution in [-0.4, -0.2) is 24.2 Å². The first-order valence-electron chi connectivity index (χ1n) is 7.34. The molecule has 0 spiro atoms. The first-order valence-corrected chi connectivity index (χ1v) is 8.14. The third-order valence-electron chi connectivity index (χ3n) is 4.93. The van der Waals surface area contributed by atoms with E-state index in [9.17, 15) is 9.90 Å². The highest BCUT2D eigenvalue weighted by Gasteiger charge is 2.43. The second-order valence-electron chi connectivity index (χ2n) is 6.00. The van der Waals surface area contributed by atoms with Crippen molar-refractivity contribution in [2.24, 2.45) is 5.92 Å². The lowest BCUT2D eigenvalue weighted by molar-refractivity contribution is -0.140. The molecule has 1 aromatic carbocycles. The number of anilines is 1. The minimum absolute atomic E-state index is 0.244. The third kappa shape index (κ3) is 2.24. The Kier molecular flexibility index (Phi) is 3.76. The van der Waals surface area contributed by atoms with Gasteiger partial charge in [-0.25, -0.2) is 0 Å². The molecule has 4 heteroatoms. The van der Waals surface area contributed by atoms with Gasteiger partial charge >= 0.3 is 5.97 Å². The number of aliphatic carboxylic acids is 1. The predicted octanol–water partition coefficient (Wildman–Crippen LogP) is 4.02. The van der Waals surface area contributed by atoms with E-state index in [4.69, 9.17) is 0 Å². The number of carbonyl (C=O) groups is 1. The van der Waals surface area contributed by atoms with E-state index in [1.807, 2.05) is 12.1 Å². The molecule has 0 bridgehead atoms. The highest BCUT2D eigenvalue weighted by atomic mass is 79.9. The van der Waals surface area contributed by atoms with E-state index in [2.05, 4.69) is 33.9 Å². The minimum Gasteiger partial charge on any atom is -0.481 e.